The third-order valence-electron chi connectivity index (χ3n) is 3.02. The number of aromatic nitrogens is 1. The van der Waals surface area contributed by atoms with E-state index in [1.807, 2.05) is 13.1 Å². The minimum Gasteiger partial charge on any atom is -0.393 e. The number of likely N-dealkylation sites (tertiary alicyclic amines) is 1. The molecule has 0 aromatic carbocycles. The van der Waals surface area contributed by atoms with Gasteiger partial charge in [0, 0.05) is 20.1 Å². The molecule has 5 nitrogen and oxygen atoms in total. The first-order valence-corrected chi connectivity index (χ1v) is 5.82. The van der Waals surface area contributed by atoms with E-state index < -0.39 is 0 Å². The Morgan fingerprint density at radius 1 is 1.47 bits per heavy atom. The molecule has 1 aromatic heterocycles. The second kappa shape index (κ2) is 5.14. The van der Waals surface area contributed by atoms with Gasteiger partial charge in [-0.1, -0.05) is 0 Å². The molecule has 0 unspecified atom stereocenters. The van der Waals surface area contributed by atoms with Gasteiger partial charge in [-0.05, 0) is 25.0 Å². The highest BCUT2D eigenvalue weighted by Crippen LogP contribution is 2.13. The fourth-order valence-electron chi connectivity index (χ4n) is 1.90. The van der Waals surface area contributed by atoms with Crippen LogP contribution in [-0.4, -0.2) is 47.1 Å². The molecule has 2 heterocycles. The van der Waals surface area contributed by atoms with Crippen LogP contribution in [0.2, 0.25) is 0 Å². The van der Waals surface area contributed by atoms with Crippen LogP contribution >= 0.6 is 0 Å². The third-order valence-corrected chi connectivity index (χ3v) is 3.02. The zero-order valence-corrected chi connectivity index (χ0v) is 9.89. The summed E-state index contributed by atoms with van der Waals surface area (Å²) in [6, 6.07) is 3.55. The molecule has 1 aliphatic rings. The summed E-state index contributed by atoms with van der Waals surface area (Å²) < 4.78 is 0. The predicted molar refractivity (Wildman–Crippen MR) is 64.9 cm³/mol. The minimum atomic E-state index is -0.265. The van der Waals surface area contributed by atoms with E-state index in [-0.39, 0.29) is 12.0 Å². The lowest BCUT2D eigenvalue weighted by molar-refractivity contribution is 0.0541. The summed E-state index contributed by atoms with van der Waals surface area (Å²) in [5.41, 5.74) is 1.34. The van der Waals surface area contributed by atoms with Gasteiger partial charge in [0.2, 0.25) is 0 Å². The Morgan fingerprint density at radius 3 is 2.71 bits per heavy atom. The lowest BCUT2D eigenvalue weighted by atomic mass is 10.1. The van der Waals surface area contributed by atoms with Gasteiger partial charge in [0.25, 0.3) is 5.91 Å². The number of aliphatic hydroxyl groups is 1. The van der Waals surface area contributed by atoms with E-state index in [0.29, 0.717) is 31.6 Å². The van der Waals surface area contributed by atoms with E-state index in [4.69, 9.17) is 0 Å². The molecule has 0 saturated carbocycles. The van der Waals surface area contributed by atoms with Crippen molar-refractivity contribution in [2.24, 2.45) is 0 Å². The van der Waals surface area contributed by atoms with Crippen LogP contribution in [0.15, 0.2) is 18.3 Å². The molecule has 1 fully saturated rings. The van der Waals surface area contributed by atoms with Crippen LogP contribution in [0.3, 0.4) is 0 Å². The van der Waals surface area contributed by atoms with Gasteiger partial charge in [0.05, 0.1) is 18.0 Å². The summed E-state index contributed by atoms with van der Waals surface area (Å²) in [5, 5.41) is 12.3. The molecule has 0 spiro atoms. The first kappa shape index (κ1) is 11.9. The van der Waals surface area contributed by atoms with Crippen LogP contribution in [0.4, 0.5) is 5.69 Å². The maximum atomic E-state index is 12.1. The average molecular weight is 235 g/mol. The Labute approximate surface area is 100 Å². The lowest BCUT2D eigenvalue weighted by Gasteiger charge is -2.29. The lowest BCUT2D eigenvalue weighted by Crippen LogP contribution is -2.40. The van der Waals surface area contributed by atoms with Crippen molar-refractivity contribution in [3.63, 3.8) is 0 Å². The summed E-state index contributed by atoms with van der Waals surface area (Å²) in [6.45, 7) is 1.21. The molecule has 0 bridgehead atoms. The zero-order valence-electron chi connectivity index (χ0n) is 9.89. The highest BCUT2D eigenvalue weighted by Gasteiger charge is 2.22. The summed E-state index contributed by atoms with van der Waals surface area (Å²) in [7, 11) is 1.81. The van der Waals surface area contributed by atoms with Gasteiger partial charge < -0.3 is 15.3 Å². The number of carbonyl (C=O) groups excluding carboxylic acids is 1. The van der Waals surface area contributed by atoms with E-state index in [0.717, 1.165) is 5.69 Å². The first-order valence-electron chi connectivity index (χ1n) is 5.82. The number of amides is 1. The number of nitrogens with zero attached hydrogens (tertiary/aromatic N) is 2. The zero-order chi connectivity index (χ0) is 12.3. The maximum Gasteiger partial charge on any atom is 0.272 e. The summed E-state index contributed by atoms with van der Waals surface area (Å²) >= 11 is 0. The molecule has 1 amide bonds. The number of piperidine rings is 1. The molecule has 17 heavy (non-hydrogen) atoms. The molecule has 2 N–H and O–H groups in total. The van der Waals surface area contributed by atoms with Crippen molar-refractivity contribution in [3.05, 3.63) is 24.0 Å². The number of hydrogen-bond acceptors (Lipinski definition) is 4. The minimum absolute atomic E-state index is 0.0560. The molecule has 1 aromatic rings. The van der Waals surface area contributed by atoms with Crippen LogP contribution in [0.25, 0.3) is 0 Å². The van der Waals surface area contributed by atoms with Gasteiger partial charge in [-0.2, -0.15) is 0 Å². The van der Waals surface area contributed by atoms with Gasteiger partial charge in [-0.3, -0.25) is 4.79 Å². The second-order valence-electron chi connectivity index (χ2n) is 4.21. The Hall–Kier alpha value is -1.62. The van der Waals surface area contributed by atoms with Crippen molar-refractivity contribution in [1.82, 2.24) is 9.88 Å². The SMILES string of the molecule is CNc1ccc(C(=O)N2CCC(O)CC2)nc1. The topological polar surface area (TPSA) is 65.5 Å². The number of rotatable bonds is 2. The van der Waals surface area contributed by atoms with E-state index >= 15 is 0 Å². The van der Waals surface area contributed by atoms with Gasteiger partial charge in [-0.25, -0.2) is 4.98 Å². The third kappa shape index (κ3) is 2.74. The van der Waals surface area contributed by atoms with Crippen molar-refractivity contribution in [2.75, 3.05) is 25.5 Å². The fraction of sp³-hybridized carbons (Fsp3) is 0.500. The Balaban J connectivity index is 2.03. The van der Waals surface area contributed by atoms with Crippen LogP contribution < -0.4 is 5.32 Å². The number of aliphatic hydroxyl groups excluding tert-OH is 1. The number of hydrogen-bond donors (Lipinski definition) is 2. The van der Waals surface area contributed by atoms with Crippen molar-refractivity contribution < 1.29 is 9.90 Å². The van der Waals surface area contributed by atoms with Crippen LogP contribution in [-0.2, 0) is 0 Å². The molecule has 0 radical (unpaired) electrons. The molecule has 92 valence electrons. The van der Waals surface area contributed by atoms with E-state index in [9.17, 15) is 9.90 Å². The van der Waals surface area contributed by atoms with Crippen molar-refractivity contribution in [3.8, 4) is 0 Å². The van der Waals surface area contributed by atoms with Gasteiger partial charge >= 0.3 is 0 Å². The van der Waals surface area contributed by atoms with E-state index in [1.54, 1.807) is 17.2 Å². The average Bonchev–Trinajstić information content (AvgIpc) is 2.39. The van der Waals surface area contributed by atoms with Crippen molar-refractivity contribution in [2.45, 2.75) is 18.9 Å². The highest BCUT2D eigenvalue weighted by molar-refractivity contribution is 5.92. The fourth-order valence-corrected chi connectivity index (χ4v) is 1.90. The van der Waals surface area contributed by atoms with E-state index in [1.165, 1.54) is 0 Å². The maximum absolute atomic E-state index is 12.1. The van der Waals surface area contributed by atoms with Gasteiger partial charge in [0.1, 0.15) is 5.69 Å². The summed E-state index contributed by atoms with van der Waals surface area (Å²) in [6.07, 6.45) is 2.69. The normalized spacial score (nSPS) is 16.9. The van der Waals surface area contributed by atoms with E-state index in [2.05, 4.69) is 10.3 Å². The quantitative estimate of drug-likeness (QED) is 0.792. The Morgan fingerprint density at radius 2 is 2.18 bits per heavy atom. The van der Waals surface area contributed by atoms with Crippen molar-refractivity contribution in [1.29, 1.82) is 0 Å². The molecule has 1 aliphatic heterocycles. The largest absolute Gasteiger partial charge is 0.393 e. The van der Waals surface area contributed by atoms with Crippen LogP contribution in [0, 0.1) is 0 Å². The summed E-state index contributed by atoms with van der Waals surface area (Å²) in [4.78, 5) is 17.9. The molecule has 1 saturated heterocycles. The predicted octanol–water partition coefficient (Wildman–Crippen LogP) is 0.720. The standard InChI is InChI=1S/C12H17N3O2/c1-13-9-2-3-11(14-8-9)12(17)15-6-4-10(16)5-7-15/h2-3,8,10,13,16H,4-7H2,1H3. The highest BCUT2D eigenvalue weighted by atomic mass is 16.3. The molecule has 0 atom stereocenters. The smallest absolute Gasteiger partial charge is 0.272 e. The molecule has 0 aliphatic carbocycles. The van der Waals surface area contributed by atoms with Crippen molar-refractivity contribution >= 4 is 11.6 Å². The Kier molecular flexibility index (Phi) is 3.58. The molecular formula is C12H17N3O2. The number of nitrogens with one attached hydrogen (secondary N) is 1. The number of anilines is 1. The monoisotopic (exact) mass is 235 g/mol. The number of pyridine rings is 1. The Bertz CT molecular complexity index is 383. The van der Waals surface area contributed by atoms with Crippen LogP contribution in [0.1, 0.15) is 23.3 Å². The van der Waals surface area contributed by atoms with Gasteiger partial charge in [0.15, 0.2) is 0 Å². The number of carbonyl (C=O) groups is 1. The molecule has 5 heteroatoms. The first-order chi connectivity index (χ1) is 8.20. The molecular weight excluding hydrogens is 218 g/mol. The summed E-state index contributed by atoms with van der Waals surface area (Å²) in [5.74, 6) is -0.0560. The van der Waals surface area contributed by atoms with Crippen LogP contribution in [0.5, 0.6) is 0 Å². The van der Waals surface area contributed by atoms with Gasteiger partial charge in [-0.15, -0.1) is 0 Å². The molecule has 2 rings (SSSR count). The second-order valence-corrected chi connectivity index (χ2v) is 4.21.